The Morgan fingerprint density at radius 2 is 1.91 bits per heavy atom. The van der Waals surface area contributed by atoms with Gasteiger partial charge in [-0.05, 0) is 43.3 Å². The molecule has 120 valence electrons. The maximum absolute atomic E-state index is 12.1. The van der Waals surface area contributed by atoms with E-state index in [1.54, 1.807) is 30.3 Å². The van der Waals surface area contributed by atoms with Crippen molar-refractivity contribution in [3.8, 4) is 0 Å². The van der Waals surface area contributed by atoms with Crippen LogP contribution in [0.2, 0.25) is 5.02 Å². The van der Waals surface area contributed by atoms with Gasteiger partial charge in [0.25, 0.3) is 5.91 Å². The van der Waals surface area contributed by atoms with E-state index in [0.717, 1.165) is 0 Å². The number of carbonyl (C=O) groups is 3. The molecule has 1 amide bonds. The number of halogens is 1. The lowest BCUT2D eigenvalue weighted by Gasteiger charge is -2.12. The summed E-state index contributed by atoms with van der Waals surface area (Å²) in [5.41, 5.74) is 0.384. The SMILES string of the molecule is CC(OC(=O)CNC(=O)c1ccco1)C(=O)c1ccc(Cl)cc1. The van der Waals surface area contributed by atoms with Crippen LogP contribution >= 0.6 is 11.6 Å². The predicted molar refractivity (Wildman–Crippen MR) is 82.4 cm³/mol. The highest BCUT2D eigenvalue weighted by atomic mass is 35.5. The summed E-state index contributed by atoms with van der Waals surface area (Å²) in [6.45, 7) is 1.10. The van der Waals surface area contributed by atoms with Crippen molar-refractivity contribution in [2.45, 2.75) is 13.0 Å². The molecule has 0 spiro atoms. The molecule has 1 unspecified atom stereocenters. The molecule has 0 aliphatic rings. The van der Waals surface area contributed by atoms with E-state index in [1.165, 1.54) is 19.3 Å². The van der Waals surface area contributed by atoms with Crippen LogP contribution in [0.25, 0.3) is 0 Å². The fraction of sp³-hybridized carbons (Fsp3) is 0.188. The number of ketones is 1. The Labute approximate surface area is 137 Å². The van der Waals surface area contributed by atoms with Crippen LogP contribution in [0, 0.1) is 0 Å². The Hall–Kier alpha value is -2.60. The van der Waals surface area contributed by atoms with Crippen molar-refractivity contribution < 1.29 is 23.5 Å². The van der Waals surface area contributed by atoms with Crippen LogP contribution in [0.4, 0.5) is 0 Å². The number of nitrogens with one attached hydrogen (secondary N) is 1. The van der Waals surface area contributed by atoms with Gasteiger partial charge in [-0.3, -0.25) is 14.4 Å². The van der Waals surface area contributed by atoms with Crippen molar-refractivity contribution >= 4 is 29.3 Å². The highest BCUT2D eigenvalue weighted by molar-refractivity contribution is 6.30. The van der Waals surface area contributed by atoms with Gasteiger partial charge in [-0.2, -0.15) is 0 Å². The summed E-state index contributed by atoms with van der Waals surface area (Å²) in [4.78, 5) is 35.4. The molecule has 2 rings (SSSR count). The van der Waals surface area contributed by atoms with Crippen LogP contribution in [-0.4, -0.2) is 30.3 Å². The predicted octanol–water partition coefficient (Wildman–Crippen LogP) is 2.48. The third-order valence-electron chi connectivity index (χ3n) is 2.94. The second-order valence-electron chi connectivity index (χ2n) is 4.66. The van der Waals surface area contributed by atoms with Gasteiger partial charge in [0.15, 0.2) is 11.9 Å². The van der Waals surface area contributed by atoms with Gasteiger partial charge in [0, 0.05) is 10.6 Å². The van der Waals surface area contributed by atoms with Gasteiger partial charge in [0.2, 0.25) is 5.78 Å². The maximum Gasteiger partial charge on any atom is 0.326 e. The third-order valence-corrected chi connectivity index (χ3v) is 3.20. The van der Waals surface area contributed by atoms with Crippen LogP contribution in [0.1, 0.15) is 27.8 Å². The number of esters is 1. The summed E-state index contributed by atoms with van der Waals surface area (Å²) in [6, 6.07) is 9.27. The van der Waals surface area contributed by atoms with Gasteiger partial charge >= 0.3 is 5.97 Å². The van der Waals surface area contributed by atoms with Crippen LogP contribution in [0.15, 0.2) is 47.1 Å². The molecule has 0 saturated heterocycles. The second kappa shape index (κ2) is 7.60. The summed E-state index contributed by atoms with van der Waals surface area (Å²) >= 11 is 5.75. The minimum Gasteiger partial charge on any atom is -0.459 e. The number of ether oxygens (including phenoxy) is 1. The number of hydrogen-bond acceptors (Lipinski definition) is 5. The molecule has 0 saturated carbocycles. The largest absolute Gasteiger partial charge is 0.459 e. The zero-order valence-electron chi connectivity index (χ0n) is 12.2. The highest BCUT2D eigenvalue weighted by Crippen LogP contribution is 2.12. The monoisotopic (exact) mass is 335 g/mol. The molecule has 1 N–H and O–H groups in total. The van der Waals surface area contributed by atoms with Crippen molar-refractivity contribution in [3.63, 3.8) is 0 Å². The number of hydrogen-bond donors (Lipinski definition) is 1. The van der Waals surface area contributed by atoms with E-state index in [4.69, 9.17) is 20.8 Å². The number of rotatable bonds is 6. The normalized spacial score (nSPS) is 11.6. The molecule has 0 bridgehead atoms. The van der Waals surface area contributed by atoms with Crippen LogP contribution in [0.3, 0.4) is 0 Å². The molecule has 1 aromatic carbocycles. The van der Waals surface area contributed by atoms with E-state index in [2.05, 4.69) is 5.32 Å². The molecule has 1 atom stereocenters. The maximum atomic E-state index is 12.1. The number of benzene rings is 1. The zero-order chi connectivity index (χ0) is 16.8. The minimum absolute atomic E-state index is 0.0862. The average Bonchev–Trinajstić information content (AvgIpc) is 3.07. The van der Waals surface area contributed by atoms with Crippen LogP contribution in [0.5, 0.6) is 0 Å². The van der Waals surface area contributed by atoms with E-state index >= 15 is 0 Å². The van der Waals surface area contributed by atoms with E-state index < -0.39 is 18.0 Å². The van der Waals surface area contributed by atoms with Gasteiger partial charge in [-0.15, -0.1) is 0 Å². The molecule has 0 fully saturated rings. The molecule has 1 aromatic heterocycles. The zero-order valence-corrected chi connectivity index (χ0v) is 13.0. The summed E-state index contributed by atoms with van der Waals surface area (Å²) in [5, 5.41) is 2.85. The molecule has 2 aromatic rings. The molecule has 0 aliphatic carbocycles. The Morgan fingerprint density at radius 1 is 1.22 bits per heavy atom. The molecular formula is C16H14ClNO5. The first kappa shape index (κ1) is 16.8. The molecule has 0 aliphatic heterocycles. The molecule has 1 heterocycles. The van der Waals surface area contributed by atoms with Crippen molar-refractivity contribution in [2.24, 2.45) is 0 Å². The Morgan fingerprint density at radius 3 is 2.52 bits per heavy atom. The standard InChI is InChI=1S/C16H14ClNO5/c1-10(15(20)11-4-6-12(17)7-5-11)23-14(19)9-18-16(21)13-3-2-8-22-13/h2-8,10H,9H2,1H3,(H,18,21). The third kappa shape index (κ3) is 4.69. The molecule has 7 heteroatoms. The Kier molecular flexibility index (Phi) is 5.54. The molecule has 0 radical (unpaired) electrons. The fourth-order valence-corrected chi connectivity index (χ4v) is 1.91. The minimum atomic E-state index is -0.968. The van der Waals surface area contributed by atoms with Gasteiger partial charge in [0.1, 0.15) is 6.54 Å². The first-order chi connectivity index (χ1) is 11.0. The number of furan rings is 1. The van der Waals surface area contributed by atoms with Crippen LogP contribution in [-0.2, 0) is 9.53 Å². The highest BCUT2D eigenvalue weighted by Gasteiger charge is 2.20. The Bertz CT molecular complexity index is 694. The smallest absolute Gasteiger partial charge is 0.326 e. The molecule has 23 heavy (non-hydrogen) atoms. The van der Waals surface area contributed by atoms with Crippen molar-refractivity contribution in [1.29, 1.82) is 0 Å². The first-order valence-corrected chi connectivity index (χ1v) is 7.16. The lowest BCUT2D eigenvalue weighted by Crippen LogP contribution is -2.33. The number of carbonyl (C=O) groups excluding carboxylic acids is 3. The lowest BCUT2D eigenvalue weighted by atomic mass is 10.1. The number of amides is 1. The quantitative estimate of drug-likeness (QED) is 0.647. The summed E-state index contributed by atoms with van der Waals surface area (Å²) in [5.74, 6) is -1.53. The van der Waals surface area contributed by atoms with E-state index in [0.29, 0.717) is 10.6 Å². The van der Waals surface area contributed by atoms with Gasteiger partial charge in [-0.1, -0.05) is 11.6 Å². The Balaban J connectivity index is 1.83. The number of Topliss-reactive ketones (excluding diaryl/α,β-unsaturated/α-hetero) is 1. The van der Waals surface area contributed by atoms with E-state index in [1.807, 2.05) is 0 Å². The second-order valence-corrected chi connectivity index (χ2v) is 5.10. The molecular weight excluding hydrogens is 322 g/mol. The van der Waals surface area contributed by atoms with Gasteiger partial charge in [-0.25, -0.2) is 0 Å². The summed E-state index contributed by atoms with van der Waals surface area (Å²) in [7, 11) is 0. The van der Waals surface area contributed by atoms with Crippen molar-refractivity contribution in [1.82, 2.24) is 5.32 Å². The van der Waals surface area contributed by atoms with Gasteiger partial charge in [0.05, 0.1) is 6.26 Å². The summed E-state index contributed by atoms with van der Waals surface area (Å²) in [6.07, 6.45) is 0.379. The average molecular weight is 336 g/mol. The van der Waals surface area contributed by atoms with E-state index in [9.17, 15) is 14.4 Å². The van der Waals surface area contributed by atoms with Gasteiger partial charge < -0.3 is 14.5 Å². The van der Waals surface area contributed by atoms with E-state index in [-0.39, 0.29) is 18.1 Å². The first-order valence-electron chi connectivity index (χ1n) is 6.78. The fourth-order valence-electron chi connectivity index (χ4n) is 1.79. The van der Waals surface area contributed by atoms with Crippen molar-refractivity contribution in [2.75, 3.05) is 6.54 Å². The topological polar surface area (TPSA) is 85.6 Å². The lowest BCUT2D eigenvalue weighted by molar-refractivity contribution is -0.145. The van der Waals surface area contributed by atoms with Crippen molar-refractivity contribution in [3.05, 3.63) is 59.0 Å². The van der Waals surface area contributed by atoms with Crippen LogP contribution < -0.4 is 5.32 Å². The molecule has 6 nitrogen and oxygen atoms in total. The summed E-state index contributed by atoms with van der Waals surface area (Å²) < 4.78 is 9.88.